The number of cyclic esters (lactones) is 2. The largest absolute Gasteiger partial charge is 0.756 e. The smallest absolute Gasteiger partial charge is 0.471 e. The molecule has 0 saturated carbocycles. The number of nitrogens with zero attached hydrogens (tertiary/aromatic N) is 5. The van der Waals surface area contributed by atoms with Crippen molar-refractivity contribution in [2.45, 2.75) is 90.0 Å². The molecule has 4 atom stereocenters. The number of ether oxygens (including phenoxy) is 4. The lowest BCUT2D eigenvalue weighted by atomic mass is 9.85. The van der Waals surface area contributed by atoms with E-state index in [1.807, 2.05) is 60.7 Å². The number of nitrogens with two attached hydrogens (primary N) is 1. The minimum atomic E-state index is -5.07. The van der Waals surface area contributed by atoms with Gasteiger partial charge >= 0.3 is 19.8 Å². The van der Waals surface area contributed by atoms with Gasteiger partial charge in [-0.05, 0) is 62.6 Å². The van der Waals surface area contributed by atoms with Crippen molar-refractivity contribution in [2.24, 2.45) is 10.7 Å². The molecule has 4 aliphatic heterocycles. The number of phosphoric acid groups is 2. The Labute approximate surface area is 431 Å². The highest BCUT2D eigenvalue weighted by molar-refractivity contribution is 7.46. The van der Waals surface area contributed by atoms with Crippen LogP contribution in [0.15, 0.2) is 87.4 Å². The number of carboxylic acid groups (broad SMARTS) is 1. The number of benzene rings is 2. The molecule has 10 rings (SSSR count). The van der Waals surface area contributed by atoms with Crippen molar-refractivity contribution in [3.63, 3.8) is 0 Å². The molecule has 0 fully saturated rings. The van der Waals surface area contributed by atoms with Crippen molar-refractivity contribution in [1.29, 1.82) is 0 Å². The first-order valence-corrected chi connectivity index (χ1v) is 26.7. The number of phosphoric ester groups is 2. The number of aromatic nitrogens is 4. The molecule has 0 spiro atoms. The molecule has 402 valence electrons. The van der Waals surface area contributed by atoms with Crippen molar-refractivity contribution in [3.05, 3.63) is 127 Å². The third-order valence-electron chi connectivity index (χ3n) is 13.2. The molecule has 27 heteroatoms. The molecule has 76 heavy (non-hydrogen) atoms. The van der Waals surface area contributed by atoms with Gasteiger partial charge in [0.25, 0.3) is 18.9 Å². The summed E-state index contributed by atoms with van der Waals surface area (Å²) in [5.74, 6) is -2.12. The minimum absolute atomic E-state index is 0.0394. The fourth-order valence-corrected chi connectivity index (χ4v) is 9.78. The molecule has 4 aliphatic rings. The average Bonchev–Trinajstić information content (AvgIpc) is 3.92. The van der Waals surface area contributed by atoms with Crippen molar-refractivity contribution in [1.82, 2.24) is 19.1 Å². The van der Waals surface area contributed by atoms with Crippen LogP contribution in [0, 0.1) is 0 Å². The summed E-state index contributed by atoms with van der Waals surface area (Å²) >= 11 is 0. The molecule has 25 nitrogen and oxygen atoms in total. The molecule has 0 amide bonds. The van der Waals surface area contributed by atoms with E-state index in [0.717, 1.165) is 32.9 Å². The molecule has 0 saturated heterocycles. The highest BCUT2D eigenvalue weighted by Gasteiger charge is 2.50. The number of pyridine rings is 4. The fourth-order valence-electron chi connectivity index (χ4n) is 9.40. The number of carbonyl (C=O) groups is 3. The minimum Gasteiger partial charge on any atom is -0.756 e. The Hall–Kier alpha value is -6.86. The zero-order valence-corrected chi connectivity index (χ0v) is 43.0. The van der Waals surface area contributed by atoms with Crippen LogP contribution in [0.3, 0.4) is 0 Å². The Morgan fingerprint density at radius 3 is 1.64 bits per heavy atom. The Morgan fingerprint density at radius 1 is 0.789 bits per heavy atom. The lowest BCUT2D eigenvalue weighted by Crippen LogP contribution is -2.68. The number of aliphatic carboxylic acids is 1. The number of aliphatic imine (C=N–C) groups is 1. The SMILES string of the molecule is CC(N)=NCCCC([NH3+])C(=O)[O-].CC[C@@]1(OCOP(=O)(O)O)C(=O)OCc2c1cc1n(c2=O)Cc2cc3ccccc3nc2-1.CC[C@@]1(OCOP(=O)([O-])O)C(=O)OCc2c1cc1n(c2=O)Cc2cc3ccccc3nc2-1. The van der Waals surface area contributed by atoms with Crippen LogP contribution in [-0.4, -0.2) is 83.7 Å². The van der Waals surface area contributed by atoms with Gasteiger partial charge in [-0.3, -0.25) is 28.2 Å². The number of quaternary nitrogens is 1. The van der Waals surface area contributed by atoms with Crippen molar-refractivity contribution in [2.75, 3.05) is 20.1 Å². The van der Waals surface area contributed by atoms with E-state index in [1.165, 1.54) is 0 Å². The van der Waals surface area contributed by atoms with E-state index in [0.29, 0.717) is 66.7 Å². The van der Waals surface area contributed by atoms with Gasteiger partial charge in [0.1, 0.15) is 19.3 Å². The first-order valence-electron chi connectivity index (χ1n) is 23.6. The molecule has 0 radical (unpaired) electrons. The van der Waals surface area contributed by atoms with Gasteiger partial charge in [0, 0.05) is 46.0 Å². The van der Waals surface area contributed by atoms with Crippen LogP contribution in [0.1, 0.15) is 79.8 Å². The molecule has 8 heterocycles. The van der Waals surface area contributed by atoms with Crippen molar-refractivity contribution in [3.8, 4) is 22.8 Å². The summed E-state index contributed by atoms with van der Waals surface area (Å²) in [6.07, 6.45) is 1.26. The van der Waals surface area contributed by atoms with Crippen molar-refractivity contribution >= 4 is 61.2 Å². The molecule has 0 bridgehead atoms. The van der Waals surface area contributed by atoms with E-state index in [9.17, 15) is 43.1 Å². The second kappa shape index (κ2) is 22.0. The standard InChI is InChI=1S/2C21H19N2O8P.C7H15N3O2/c2*1-2-21(30-11-31-32(26,27)28)15-8-17-18-13(7-12-5-3-4-6-16(12)22-18)9-23(17)19(24)14(15)10-29-20(21)25;1-5(8)10-4-2-3-6(9)7(11)12/h2*3-8H,2,9-11H2,1H3,(H2,26,27,28);6H,2-4,9H2,1H3,(H2,8,10)(H,11,12)/p-1/t2*21-;/m00./s1. The van der Waals surface area contributed by atoms with Crippen LogP contribution in [0.25, 0.3) is 44.6 Å². The number of esters is 2. The van der Waals surface area contributed by atoms with E-state index in [1.54, 1.807) is 42.0 Å². The predicted octanol–water partition coefficient (Wildman–Crippen LogP) is 1.21. The highest BCUT2D eigenvalue weighted by atomic mass is 31.2. The van der Waals surface area contributed by atoms with E-state index in [-0.39, 0.29) is 53.9 Å². The summed E-state index contributed by atoms with van der Waals surface area (Å²) in [7, 11) is -9.89. The molecule has 0 aliphatic carbocycles. The van der Waals surface area contributed by atoms with E-state index in [4.69, 9.17) is 49.3 Å². The molecule has 2 aromatic carbocycles. The van der Waals surface area contributed by atoms with Crippen LogP contribution < -0.4 is 32.6 Å². The van der Waals surface area contributed by atoms with Gasteiger partial charge in [-0.15, -0.1) is 0 Å². The Bertz CT molecular complexity index is 3340. The topological polar surface area (TPSA) is 383 Å². The Balaban J connectivity index is 0.000000167. The number of carboxylic acids is 1. The lowest BCUT2D eigenvalue weighted by Gasteiger charge is -2.36. The first kappa shape index (κ1) is 55.4. The van der Waals surface area contributed by atoms with Gasteiger partial charge in [0.2, 0.25) is 0 Å². The van der Waals surface area contributed by atoms with Gasteiger partial charge < -0.3 is 69.0 Å². The number of amidine groups is 1. The summed E-state index contributed by atoms with van der Waals surface area (Å²) in [5, 5.41) is 12.1. The molecular formula is C49H52N7O18P2-. The van der Waals surface area contributed by atoms with Gasteiger partial charge in [-0.2, -0.15) is 0 Å². The van der Waals surface area contributed by atoms with Gasteiger partial charge in [-0.1, -0.05) is 50.2 Å². The third-order valence-corrected chi connectivity index (χ3v) is 14.1. The summed E-state index contributed by atoms with van der Waals surface area (Å²) in [6.45, 7) is 3.98. The number of fused-ring (bicyclic) bond motifs is 10. The predicted molar refractivity (Wildman–Crippen MR) is 264 cm³/mol. The van der Waals surface area contributed by atoms with Gasteiger partial charge in [-0.25, -0.2) is 24.1 Å². The fraction of sp³-hybridized carbons (Fsp3) is 0.347. The van der Waals surface area contributed by atoms with E-state index >= 15 is 0 Å². The molecule has 6 aromatic rings. The average molecular weight is 1090 g/mol. The van der Waals surface area contributed by atoms with Crippen molar-refractivity contribution < 1.29 is 81.9 Å². The summed E-state index contributed by atoms with van der Waals surface area (Å²) in [5.41, 5.74) is 11.2. The molecular weight excluding hydrogens is 1040 g/mol. The zero-order chi connectivity index (χ0) is 54.9. The summed E-state index contributed by atoms with van der Waals surface area (Å²) in [6, 6.07) is 21.9. The summed E-state index contributed by atoms with van der Waals surface area (Å²) < 4.78 is 55.3. The van der Waals surface area contributed by atoms with Crippen LogP contribution in [0.2, 0.25) is 0 Å². The van der Waals surface area contributed by atoms with Crippen LogP contribution in [0.5, 0.6) is 0 Å². The van der Waals surface area contributed by atoms with E-state index in [2.05, 4.69) is 19.8 Å². The Morgan fingerprint density at radius 2 is 1.24 bits per heavy atom. The summed E-state index contributed by atoms with van der Waals surface area (Å²) in [4.78, 5) is 113. The van der Waals surface area contributed by atoms with Gasteiger partial charge in [0.05, 0.1) is 69.8 Å². The normalized spacial score (nSPS) is 19.2. The lowest BCUT2D eigenvalue weighted by molar-refractivity contribution is -0.438. The van der Waals surface area contributed by atoms with Crippen LogP contribution >= 0.6 is 15.6 Å². The third kappa shape index (κ3) is 11.2. The number of carbonyl (C=O) groups excluding carboxylic acids is 3. The maximum atomic E-state index is 13.3. The zero-order valence-electron chi connectivity index (χ0n) is 41.2. The maximum Gasteiger partial charge on any atom is 0.471 e. The number of hydrogen-bond acceptors (Lipinski definition) is 18. The number of para-hydroxylation sites is 2. The van der Waals surface area contributed by atoms with Gasteiger partial charge in [0.15, 0.2) is 24.8 Å². The first-order chi connectivity index (χ1) is 36.0. The second-order valence-corrected chi connectivity index (χ2v) is 20.4. The Kier molecular flexibility index (Phi) is 16.0. The molecule has 2 unspecified atom stereocenters. The maximum absolute atomic E-state index is 13.3. The molecule has 4 aromatic heterocycles. The van der Waals surface area contributed by atoms with Crippen LogP contribution in [-0.2, 0) is 89.0 Å². The van der Waals surface area contributed by atoms with Crippen LogP contribution in [0.4, 0.5) is 0 Å². The van der Waals surface area contributed by atoms with E-state index < -0.39 is 64.4 Å². The molecule has 8 N–H and O–H groups in total. The second-order valence-electron chi connectivity index (χ2n) is 17.9. The number of hydrogen-bond donors (Lipinski definition) is 5. The highest BCUT2D eigenvalue weighted by Crippen LogP contribution is 2.44. The number of rotatable bonds is 15. The quantitative estimate of drug-likeness (QED) is 0.0240. The monoisotopic (exact) mass is 1090 g/mol.